The maximum Gasteiger partial charge on any atom is 0.237 e. The van der Waals surface area contributed by atoms with Crippen LogP contribution in [0.3, 0.4) is 0 Å². The number of rotatable bonds is 7. The van der Waals surface area contributed by atoms with Crippen LogP contribution in [-0.2, 0) is 10.2 Å². The molecule has 0 aliphatic carbocycles. The summed E-state index contributed by atoms with van der Waals surface area (Å²) in [5, 5.41) is 16.7. The van der Waals surface area contributed by atoms with Crippen molar-refractivity contribution in [1.29, 1.82) is 0 Å². The second-order valence-electron chi connectivity index (χ2n) is 8.48. The molecule has 0 spiro atoms. The molecule has 2 aromatic heterocycles. The highest BCUT2D eigenvalue weighted by atomic mass is 35.5. The molecule has 0 saturated carbocycles. The molecular weight excluding hydrogens is 474 g/mol. The van der Waals surface area contributed by atoms with Gasteiger partial charge in [-0.3, -0.25) is 14.7 Å². The van der Waals surface area contributed by atoms with Gasteiger partial charge in [-0.1, -0.05) is 61.4 Å². The van der Waals surface area contributed by atoms with E-state index in [1.807, 2.05) is 61.7 Å². The van der Waals surface area contributed by atoms with Crippen LogP contribution in [-0.4, -0.2) is 38.7 Å². The van der Waals surface area contributed by atoms with E-state index in [9.17, 15) is 4.79 Å². The highest BCUT2D eigenvalue weighted by molar-refractivity contribution is 7.99. The lowest BCUT2D eigenvalue weighted by Crippen LogP contribution is -2.14. The minimum Gasteiger partial charge on any atom is -0.496 e. The molecular formula is C24H24ClN5O3S. The summed E-state index contributed by atoms with van der Waals surface area (Å²) in [6.07, 6.45) is 0. The molecule has 2 heterocycles. The fraction of sp³-hybridized carbons (Fsp3) is 0.250. The van der Waals surface area contributed by atoms with Gasteiger partial charge in [-0.2, -0.15) is 0 Å². The van der Waals surface area contributed by atoms with Crippen molar-refractivity contribution in [2.45, 2.75) is 31.3 Å². The maximum atomic E-state index is 12.6. The lowest BCUT2D eigenvalue weighted by molar-refractivity contribution is -0.113. The SMILES string of the molecule is COc1ccccc1-c1nnc(SCC(=O)Nc2cc(C(C)(C)C)no2)n1-c1ccc(Cl)cc1. The molecule has 1 amide bonds. The van der Waals surface area contributed by atoms with Gasteiger partial charge < -0.3 is 9.26 Å². The van der Waals surface area contributed by atoms with E-state index < -0.39 is 0 Å². The maximum absolute atomic E-state index is 12.6. The van der Waals surface area contributed by atoms with Gasteiger partial charge in [0.1, 0.15) is 5.75 Å². The second-order valence-corrected chi connectivity index (χ2v) is 9.86. The summed E-state index contributed by atoms with van der Waals surface area (Å²) < 4.78 is 12.6. The Labute approximate surface area is 206 Å². The van der Waals surface area contributed by atoms with Crippen LogP contribution in [0.25, 0.3) is 17.1 Å². The van der Waals surface area contributed by atoms with Crippen LogP contribution < -0.4 is 10.1 Å². The quantitative estimate of drug-likeness (QED) is 0.331. The van der Waals surface area contributed by atoms with Crippen molar-refractivity contribution in [1.82, 2.24) is 19.9 Å². The normalized spacial score (nSPS) is 11.4. The number of thioether (sulfide) groups is 1. The second kappa shape index (κ2) is 9.90. The number of ether oxygens (including phenoxy) is 1. The third kappa shape index (κ3) is 5.26. The Balaban J connectivity index is 1.59. The van der Waals surface area contributed by atoms with Crippen molar-refractivity contribution >= 4 is 35.2 Å². The van der Waals surface area contributed by atoms with Crippen LogP contribution >= 0.6 is 23.4 Å². The predicted octanol–water partition coefficient (Wildman–Crippen LogP) is 5.61. The Hall–Kier alpha value is -3.30. The fourth-order valence-electron chi connectivity index (χ4n) is 3.18. The third-order valence-electron chi connectivity index (χ3n) is 4.94. The molecule has 4 aromatic rings. The minimum atomic E-state index is -0.244. The first kappa shape index (κ1) is 23.8. The summed E-state index contributed by atoms with van der Waals surface area (Å²) in [5.41, 5.74) is 2.17. The van der Waals surface area contributed by atoms with Crippen LogP contribution in [0.4, 0.5) is 5.88 Å². The van der Waals surface area contributed by atoms with Gasteiger partial charge in [0.25, 0.3) is 0 Å². The van der Waals surface area contributed by atoms with Gasteiger partial charge in [0, 0.05) is 22.2 Å². The number of nitrogens with zero attached hydrogens (tertiary/aromatic N) is 4. The van der Waals surface area contributed by atoms with E-state index in [2.05, 4.69) is 20.7 Å². The number of para-hydroxylation sites is 1. The summed E-state index contributed by atoms with van der Waals surface area (Å²) >= 11 is 7.35. The van der Waals surface area contributed by atoms with E-state index in [-0.39, 0.29) is 17.1 Å². The molecule has 0 bridgehead atoms. The Morgan fingerprint density at radius 1 is 1.15 bits per heavy atom. The van der Waals surface area contributed by atoms with E-state index in [1.54, 1.807) is 25.3 Å². The first-order valence-electron chi connectivity index (χ1n) is 10.5. The number of amides is 1. The molecule has 4 rings (SSSR count). The molecule has 0 unspecified atom stereocenters. The van der Waals surface area contributed by atoms with Crippen molar-refractivity contribution < 1.29 is 14.1 Å². The van der Waals surface area contributed by atoms with E-state index >= 15 is 0 Å². The third-order valence-corrected chi connectivity index (χ3v) is 6.12. The molecule has 0 fully saturated rings. The largest absolute Gasteiger partial charge is 0.496 e. The van der Waals surface area contributed by atoms with E-state index in [0.29, 0.717) is 27.6 Å². The Bertz CT molecular complexity index is 1290. The molecule has 1 N–H and O–H groups in total. The number of methoxy groups -OCH3 is 1. The zero-order valence-corrected chi connectivity index (χ0v) is 20.8. The van der Waals surface area contributed by atoms with Crippen molar-refractivity contribution in [2.75, 3.05) is 18.2 Å². The van der Waals surface area contributed by atoms with E-state index in [0.717, 1.165) is 16.9 Å². The predicted molar refractivity (Wildman–Crippen MR) is 133 cm³/mol. The number of carbonyl (C=O) groups is 1. The number of benzene rings is 2. The van der Waals surface area contributed by atoms with Crippen molar-refractivity contribution in [2.24, 2.45) is 0 Å². The molecule has 10 heteroatoms. The van der Waals surface area contributed by atoms with Gasteiger partial charge in [-0.25, -0.2) is 0 Å². The Kier molecular flexibility index (Phi) is 6.95. The summed E-state index contributed by atoms with van der Waals surface area (Å²) in [7, 11) is 1.61. The topological polar surface area (TPSA) is 95.1 Å². The molecule has 0 saturated heterocycles. The van der Waals surface area contributed by atoms with Crippen molar-refractivity contribution in [3.05, 3.63) is 65.3 Å². The smallest absolute Gasteiger partial charge is 0.237 e. The molecule has 2 aromatic carbocycles. The first-order valence-corrected chi connectivity index (χ1v) is 11.9. The fourth-order valence-corrected chi connectivity index (χ4v) is 4.06. The molecule has 0 atom stereocenters. The lowest BCUT2D eigenvalue weighted by atomic mass is 9.92. The standard InChI is InChI=1S/C24H24ClN5O3S/c1-24(2,3)19-13-21(33-29-19)26-20(31)14-34-23-28-27-22(17-7-5-6-8-18(17)32-4)30(23)16-11-9-15(25)10-12-16/h5-13H,14H2,1-4H3,(H,26,31). The summed E-state index contributed by atoms with van der Waals surface area (Å²) in [6, 6.07) is 16.6. The van der Waals surface area contributed by atoms with Crippen molar-refractivity contribution in [3.8, 4) is 22.8 Å². The minimum absolute atomic E-state index is 0.100. The Morgan fingerprint density at radius 3 is 2.56 bits per heavy atom. The highest BCUT2D eigenvalue weighted by Gasteiger charge is 2.22. The number of hydrogen-bond donors (Lipinski definition) is 1. The Morgan fingerprint density at radius 2 is 1.88 bits per heavy atom. The van der Waals surface area contributed by atoms with Crippen LogP contribution in [0.5, 0.6) is 5.75 Å². The molecule has 0 aliphatic heterocycles. The molecule has 34 heavy (non-hydrogen) atoms. The van der Waals surface area contributed by atoms with Gasteiger partial charge in [0.05, 0.1) is 24.1 Å². The van der Waals surface area contributed by atoms with Crippen LogP contribution in [0, 0.1) is 0 Å². The summed E-state index contributed by atoms with van der Waals surface area (Å²) in [6.45, 7) is 6.07. The van der Waals surface area contributed by atoms with Gasteiger partial charge >= 0.3 is 0 Å². The molecule has 8 nitrogen and oxygen atoms in total. The van der Waals surface area contributed by atoms with Gasteiger partial charge in [0.15, 0.2) is 11.0 Å². The molecule has 0 aliphatic rings. The van der Waals surface area contributed by atoms with E-state index in [4.69, 9.17) is 20.9 Å². The average molecular weight is 498 g/mol. The van der Waals surface area contributed by atoms with Gasteiger partial charge in [-0.05, 0) is 36.4 Å². The van der Waals surface area contributed by atoms with Crippen LogP contribution in [0.15, 0.2) is 64.3 Å². The monoisotopic (exact) mass is 497 g/mol. The zero-order chi connectivity index (χ0) is 24.3. The molecule has 176 valence electrons. The molecule has 0 radical (unpaired) electrons. The highest BCUT2D eigenvalue weighted by Crippen LogP contribution is 2.33. The first-order chi connectivity index (χ1) is 16.3. The average Bonchev–Trinajstić information content (AvgIpc) is 3.45. The summed E-state index contributed by atoms with van der Waals surface area (Å²) in [4.78, 5) is 12.6. The number of aromatic nitrogens is 4. The number of hydrogen-bond acceptors (Lipinski definition) is 7. The van der Waals surface area contributed by atoms with Gasteiger partial charge in [-0.15, -0.1) is 10.2 Å². The number of halogens is 1. The number of carbonyl (C=O) groups excluding carboxylic acids is 1. The number of nitrogens with one attached hydrogen (secondary N) is 1. The number of anilines is 1. The van der Waals surface area contributed by atoms with Crippen molar-refractivity contribution in [3.63, 3.8) is 0 Å². The van der Waals surface area contributed by atoms with Crippen LogP contribution in [0.1, 0.15) is 26.5 Å². The van der Waals surface area contributed by atoms with Crippen LogP contribution in [0.2, 0.25) is 5.02 Å². The summed E-state index contributed by atoms with van der Waals surface area (Å²) in [5.74, 6) is 1.42. The lowest BCUT2D eigenvalue weighted by Gasteiger charge is -2.12. The zero-order valence-electron chi connectivity index (χ0n) is 19.2. The van der Waals surface area contributed by atoms with Gasteiger partial charge in [0.2, 0.25) is 11.8 Å². The van der Waals surface area contributed by atoms with E-state index in [1.165, 1.54) is 11.8 Å².